The molecule has 3 rings (SSSR count). The van der Waals surface area contributed by atoms with Crippen LogP contribution in [0.2, 0.25) is 0 Å². The van der Waals surface area contributed by atoms with E-state index < -0.39 is 17.6 Å². The molecule has 0 atom stereocenters. The Morgan fingerprint density at radius 2 is 1.64 bits per heavy atom. The summed E-state index contributed by atoms with van der Waals surface area (Å²) in [6, 6.07) is 20.7. The molecule has 0 aliphatic carbocycles. The number of amides is 2. The maximum absolute atomic E-state index is 13.0. The van der Waals surface area contributed by atoms with Crippen LogP contribution in [-0.2, 0) is 9.59 Å². The Morgan fingerprint density at radius 1 is 0.970 bits per heavy atom. The Hall–Kier alpha value is -4.64. The van der Waals surface area contributed by atoms with Crippen LogP contribution in [0.3, 0.4) is 0 Å². The van der Waals surface area contributed by atoms with Gasteiger partial charge in [0.1, 0.15) is 29.0 Å². The van der Waals surface area contributed by atoms with Gasteiger partial charge in [-0.25, -0.2) is 4.39 Å². The van der Waals surface area contributed by atoms with E-state index in [9.17, 15) is 19.2 Å². The van der Waals surface area contributed by atoms with Gasteiger partial charge in [0.15, 0.2) is 6.61 Å². The number of rotatable bonds is 8. The Labute approximate surface area is 190 Å². The lowest BCUT2D eigenvalue weighted by atomic mass is 10.1. The molecule has 2 amide bonds. The molecular weight excluding hydrogens is 425 g/mol. The number of nitriles is 1. The Kier molecular flexibility index (Phi) is 7.76. The fraction of sp³-hybridized carbons (Fsp3) is 0.0800. The molecule has 0 spiro atoms. The number of benzene rings is 3. The number of nitrogens with zero attached hydrogens (tertiary/aromatic N) is 1. The van der Waals surface area contributed by atoms with Crippen LogP contribution < -0.4 is 20.1 Å². The van der Waals surface area contributed by atoms with E-state index in [0.29, 0.717) is 28.4 Å². The molecule has 0 saturated carbocycles. The molecular formula is C25H20FN3O4. The van der Waals surface area contributed by atoms with Gasteiger partial charge in [0.2, 0.25) is 0 Å². The molecule has 3 aromatic rings. The summed E-state index contributed by atoms with van der Waals surface area (Å²) in [5, 5.41) is 14.7. The molecule has 0 unspecified atom stereocenters. The van der Waals surface area contributed by atoms with Gasteiger partial charge in [0, 0.05) is 11.3 Å². The van der Waals surface area contributed by atoms with Crippen molar-refractivity contribution < 1.29 is 23.5 Å². The van der Waals surface area contributed by atoms with Crippen LogP contribution in [0.1, 0.15) is 5.56 Å². The highest BCUT2D eigenvalue weighted by atomic mass is 19.1. The third-order valence-corrected chi connectivity index (χ3v) is 4.43. The first kappa shape index (κ1) is 23.0. The number of halogens is 1. The molecule has 0 bridgehead atoms. The van der Waals surface area contributed by atoms with Crippen LogP contribution in [0.15, 0.2) is 78.4 Å². The first-order valence-electron chi connectivity index (χ1n) is 9.83. The number of anilines is 2. The third kappa shape index (κ3) is 6.42. The Balaban J connectivity index is 1.70. The molecule has 0 aliphatic rings. The largest absolute Gasteiger partial charge is 0.495 e. The van der Waals surface area contributed by atoms with Crippen LogP contribution in [0.25, 0.3) is 6.08 Å². The minimum Gasteiger partial charge on any atom is -0.495 e. The number of carbonyl (C=O) groups excluding carboxylic acids is 2. The normalized spacial score (nSPS) is 10.6. The molecule has 0 aliphatic heterocycles. The van der Waals surface area contributed by atoms with Crippen LogP contribution in [0.4, 0.5) is 15.8 Å². The van der Waals surface area contributed by atoms with E-state index in [2.05, 4.69) is 10.6 Å². The first-order valence-corrected chi connectivity index (χ1v) is 9.83. The highest BCUT2D eigenvalue weighted by molar-refractivity contribution is 6.09. The summed E-state index contributed by atoms with van der Waals surface area (Å²) < 4.78 is 23.9. The first-order chi connectivity index (χ1) is 16.0. The van der Waals surface area contributed by atoms with Crippen molar-refractivity contribution >= 4 is 29.3 Å². The van der Waals surface area contributed by atoms with Crippen molar-refractivity contribution in [3.05, 3.63) is 89.8 Å². The van der Waals surface area contributed by atoms with Crippen molar-refractivity contribution in [1.82, 2.24) is 0 Å². The maximum Gasteiger partial charge on any atom is 0.266 e. The number of hydrogen-bond donors (Lipinski definition) is 2. The monoisotopic (exact) mass is 445 g/mol. The lowest BCUT2D eigenvalue weighted by Crippen LogP contribution is -2.20. The van der Waals surface area contributed by atoms with E-state index in [1.807, 2.05) is 6.07 Å². The predicted molar refractivity (Wildman–Crippen MR) is 122 cm³/mol. The highest BCUT2D eigenvalue weighted by Crippen LogP contribution is 2.24. The van der Waals surface area contributed by atoms with Gasteiger partial charge in [0.05, 0.1) is 12.8 Å². The summed E-state index contributed by atoms with van der Waals surface area (Å²) in [4.78, 5) is 24.8. The van der Waals surface area contributed by atoms with Crippen molar-refractivity contribution in [2.75, 3.05) is 24.4 Å². The fourth-order valence-electron chi connectivity index (χ4n) is 2.84. The van der Waals surface area contributed by atoms with Gasteiger partial charge in [-0.1, -0.05) is 30.3 Å². The summed E-state index contributed by atoms with van der Waals surface area (Å²) in [6.45, 7) is -0.299. The van der Waals surface area contributed by atoms with E-state index in [4.69, 9.17) is 9.47 Å². The van der Waals surface area contributed by atoms with Crippen molar-refractivity contribution in [2.24, 2.45) is 0 Å². The molecule has 3 aromatic carbocycles. The average molecular weight is 445 g/mol. The average Bonchev–Trinajstić information content (AvgIpc) is 2.83. The van der Waals surface area contributed by atoms with Crippen molar-refractivity contribution in [3.8, 4) is 17.6 Å². The van der Waals surface area contributed by atoms with Crippen molar-refractivity contribution in [1.29, 1.82) is 5.26 Å². The van der Waals surface area contributed by atoms with Crippen LogP contribution in [0, 0.1) is 17.1 Å². The lowest BCUT2D eigenvalue weighted by molar-refractivity contribution is -0.118. The smallest absolute Gasteiger partial charge is 0.266 e. The molecule has 0 saturated heterocycles. The molecule has 0 fully saturated rings. The SMILES string of the molecule is COc1ccccc1NC(=O)COc1ccccc1/C=C(\C#N)C(=O)Nc1ccc(F)cc1. The van der Waals surface area contributed by atoms with Gasteiger partial charge in [-0.05, 0) is 48.5 Å². The molecule has 166 valence electrons. The molecule has 0 aromatic heterocycles. The molecule has 33 heavy (non-hydrogen) atoms. The van der Waals surface area contributed by atoms with Crippen molar-refractivity contribution in [3.63, 3.8) is 0 Å². The number of nitrogens with one attached hydrogen (secondary N) is 2. The highest BCUT2D eigenvalue weighted by Gasteiger charge is 2.13. The Morgan fingerprint density at radius 3 is 2.33 bits per heavy atom. The molecule has 8 heteroatoms. The van der Waals surface area contributed by atoms with Crippen LogP contribution in [-0.4, -0.2) is 25.5 Å². The quantitative estimate of drug-likeness (QED) is 0.395. The second kappa shape index (κ2) is 11.1. The van der Waals surface area contributed by atoms with Gasteiger partial charge < -0.3 is 20.1 Å². The summed E-state index contributed by atoms with van der Waals surface area (Å²) in [5.41, 5.74) is 1.10. The standard InChI is InChI=1S/C25H20FN3O4/c1-32-23-9-5-3-7-21(23)29-24(30)16-33-22-8-4-2-6-17(22)14-18(15-27)25(31)28-20-12-10-19(26)11-13-20/h2-14H,16H2,1H3,(H,28,31)(H,29,30)/b18-14+. The molecule has 2 N–H and O–H groups in total. The van der Waals surface area contributed by atoms with Crippen molar-refractivity contribution in [2.45, 2.75) is 0 Å². The summed E-state index contributed by atoms with van der Waals surface area (Å²) in [5.74, 6) is -0.680. The molecule has 0 heterocycles. The zero-order chi connectivity index (χ0) is 23.6. The van der Waals surface area contributed by atoms with E-state index in [0.717, 1.165) is 0 Å². The van der Waals surface area contributed by atoms with Crippen LogP contribution in [0.5, 0.6) is 11.5 Å². The molecule has 7 nitrogen and oxygen atoms in total. The van der Waals surface area contributed by atoms with Gasteiger partial charge in [-0.3, -0.25) is 9.59 Å². The maximum atomic E-state index is 13.0. The lowest BCUT2D eigenvalue weighted by Gasteiger charge is -2.12. The predicted octanol–water partition coefficient (Wildman–Crippen LogP) is 4.40. The zero-order valence-electron chi connectivity index (χ0n) is 17.7. The number of para-hydroxylation sites is 3. The zero-order valence-corrected chi connectivity index (χ0v) is 17.7. The topological polar surface area (TPSA) is 100 Å². The molecule has 0 radical (unpaired) electrons. The second-order valence-electron chi connectivity index (χ2n) is 6.71. The minimum atomic E-state index is -0.659. The van der Waals surface area contributed by atoms with E-state index >= 15 is 0 Å². The van der Waals surface area contributed by atoms with Gasteiger partial charge in [-0.2, -0.15) is 5.26 Å². The number of ether oxygens (including phenoxy) is 2. The van der Waals surface area contributed by atoms with E-state index in [1.54, 1.807) is 48.5 Å². The Bertz CT molecular complexity index is 1220. The summed E-state index contributed by atoms with van der Waals surface area (Å²) >= 11 is 0. The number of hydrogen-bond acceptors (Lipinski definition) is 5. The minimum absolute atomic E-state index is 0.186. The number of carbonyl (C=O) groups is 2. The van der Waals surface area contributed by atoms with Gasteiger partial charge in [-0.15, -0.1) is 0 Å². The number of methoxy groups -OCH3 is 1. The second-order valence-corrected chi connectivity index (χ2v) is 6.71. The summed E-state index contributed by atoms with van der Waals surface area (Å²) in [6.07, 6.45) is 1.35. The van der Waals surface area contributed by atoms with Crippen LogP contribution >= 0.6 is 0 Å². The van der Waals surface area contributed by atoms with E-state index in [1.165, 1.54) is 37.5 Å². The van der Waals surface area contributed by atoms with E-state index in [-0.39, 0.29) is 12.2 Å². The summed E-state index contributed by atoms with van der Waals surface area (Å²) in [7, 11) is 1.50. The van der Waals surface area contributed by atoms with Gasteiger partial charge >= 0.3 is 0 Å². The fourth-order valence-corrected chi connectivity index (χ4v) is 2.84. The van der Waals surface area contributed by atoms with Gasteiger partial charge in [0.25, 0.3) is 11.8 Å². The third-order valence-electron chi connectivity index (χ3n) is 4.43.